The van der Waals surface area contributed by atoms with Gasteiger partial charge in [-0.05, 0) is 6.42 Å². The van der Waals surface area contributed by atoms with E-state index in [2.05, 4.69) is 4.13 Å². The van der Waals surface area contributed by atoms with Gasteiger partial charge < -0.3 is 0 Å². The van der Waals surface area contributed by atoms with Crippen molar-refractivity contribution in [2.75, 3.05) is 12.0 Å². The highest BCUT2D eigenvalue weighted by molar-refractivity contribution is 8.04. The number of unbranched alkanes of at least 4 members (excludes halogenated alkanes) is 1. The van der Waals surface area contributed by atoms with Crippen LogP contribution in [0.25, 0.3) is 0 Å². The SMILES string of the molecule is CCCCS(=O)(=O)[N]S(C)(=O)=O. The first-order valence-corrected chi connectivity index (χ1v) is 6.89. The van der Waals surface area contributed by atoms with Gasteiger partial charge in [0.1, 0.15) is 0 Å². The predicted octanol–water partition coefficient (Wildman–Crippen LogP) is -0.320. The van der Waals surface area contributed by atoms with Crippen molar-refractivity contribution in [3.8, 4) is 0 Å². The number of hydrogen-bond donors (Lipinski definition) is 0. The van der Waals surface area contributed by atoms with Crippen molar-refractivity contribution in [1.82, 2.24) is 4.13 Å². The summed E-state index contributed by atoms with van der Waals surface area (Å²) in [4.78, 5) is 0. The van der Waals surface area contributed by atoms with Crippen LogP contribution in [0.4, 0.5) is 0 Å². The maximum Gasteiger partial charge on any atom is 0.242 e. The molecule has 73 valence electrons. The summed E-state index contributed by atoms with van der Waals surface area (Å²) in [5, 5.41) is 0. The molecule has 0 aliphatic rings. The normalized spacial score (nSPS) is 13.2. The van der Waals surface area contributed by atoms with Gasteiger partial charge in [-0.25, -0.2) is 16.8 Å². The van der Waals surface area contributed by atoms with E-state index in [0.29, 0.717) is 12.8 Å². The third-order valence-corrected chi connectivity index (χ3v) is 3.80. The summed E-state index contributed by atoms with van der Waals surface area (Å²) in [6.07, 6.45) is 1.89. The number of hydrogen-bond acceptors (Lipinski definition) is 4. The summed E-state index contributed by atoms with van der Waals surface area (Å²) in [7, 11) is -7.54. The summed E-state index contributed by atoms with van der Waals surface area (Å²) in [6.45, 7) is 1.82. The molecule has 0 aromatic carbocycles. The first-order valence-electron chi connectivity index (χ1n) is 3.44. The van der Waals surface area contributed by atoms with Gasteiger partial charge in [-0.1, -0.05) is 13.3 Å². The molecule has 0 aromatic rings. The molecule has 0 rings (SSSR count). The number of sulfonamides is 2. The standard InChI is InChI=1S/C5H12NO4S2/c1-3-4-5-12(9,10)6-11(2,7)8/h3-5H2,1-2H3. The molecule has 0 aliphatic heterocycles. The predicted molar refractivity (Wildman–Crippen MR) is 45.7 cm³/mol. The zero-order valence-electron chi connectivity index (χ0n) is 7.02. The highest BCUT2D eigenvalue weighted by atomic mass is 32.3. The molecule has 0 amide bonds. The van der Waals surface area contributed by atoms with Gasteiger partial charge in [0.25, 0.3) is 0 Å². The molecule has 0 saturated carbocycles. The second-order valence-electron chi connectivity index (χ2n) is 2.45. The molecule has 0 atom stereocenters. The van der Waals surface area contributed by atoms with Crippen LogP contribution in [0.3, 0.4) is 0 Å². The minimum Gasteiger partial charge on any atom is -0.210 e. The lowest BCUT2D eigenvalue weighted by Crippen LogP contribution is -2.24. The van der Waals surface area contributed by atoms with E-state index in [0.717, 1.165) is 6.26 Å². The summed E-state index contributed by atoms with van der Waals surface area (Å²) in [5.74, 6) is -0.198. The number of nitrogens with zero attached hydrogens (tertiary/aromatic N) is 1. The van der Waals surface area contributed by atoms with E-state index < -0.39 is 20.0 Å². The zero-order valence-corrected chi connectivity index (χ0v) is 8.65. The van der Waals surface area contributed by atoms with Gasteiger partial charge >= 0.3 is 0 Å². The van der Waals surface area contributed by atoms with E-state index in [1.165, 1.54) is 0 Å². The fourth-order valence-corrected chi connectivity index (χ4v) is 3.17. The van der Waals surface area contributed by atoms with Crippen molar-refractivity contribution in [2.24, 2.45) is 0 Å². The van der Waals surface area contributed by atoms with E-state index in [9.17, 15) is 16.8 Å². The molecule has 5 nitrogen and oxygen atoms in total. The lowest BCUT2D eigenvalue weighted by molar-refractivity contribution is 0.577. The minimum atomic E-state index is -3.78. The first kappa shape index (κ1) is 11.9. The Morgan fingerprint density at radius 3 is 2.00 bits per heavy atom. The van der Waals surface area contributed by atoms with Crippen LogP contribution in [-0.4, -0.2) is 28.8 Å². The van der Waals surface area contributed by atoms with Crippen molar-refractivity contribution in [2.45, 2.75) is 19.8 Å². The highest BCUT2D eigenvalue weighted by Crippen LogP contribution is 1.96. The maximum absolute atomic E-state index is 10.9. The van der Waals surface area contributed by atoms with Crippen LogP contribution in [0.5, 0.6) is 0 Å². The highest BCUT2D eigenvalue weighted by Gasteiger charge is 2.17. The van der Waals surface area contributed by atoms with Gasteiger partial charge in [0.15, 0.2) is 0 Å². The van der Waals surface area contributed by atoms with Crippen molar-refractivity contribution in [1.29, 1.82) is 0 Å². The summed E-state index contributed by atoms with van der Waals surface area (Å²) in [5.41, 5.74) is 0. The fraction of sp³-hybridized carbons (Fsp3) is 1.00. The molecule has 0 fully saturated rings. The molecule has 0 bridgehead atoms. The lowest BCUT2D eigenvalue weighted by Gasteiger charge is -1.99. The Morgan fingerprint density at radius 1 is 1.17 bits per heavy atom. The van der Waals surface area contributed by atoms with E-state index in [4.69, 9.17) is 0 Å². The largest absolute Gasteiger partial charge is 0.242 e. The molecule has 7 heteroatoms. The fourth-order valence-electron chi connectivity index (χ4n) is 0.570. The molecule has 0 N–H and O–H groups in total. The van der Waals surface area contributed by atoms with Gasteiger partial charge in [0.2, 0.25) is 20.0 Å². The molecule has 0 unspecified atom stereocenters. The van der Waals surface area contributed by atoms with Gasteiger partial charge in [-0.15, -0.1) is 0 Å². The second kappa shape index (κ2) is 4.20. The molecule has 0 saturated heterocycles. The van der Waals surface area contributed by atoms with E-state index in [-0.39, 0.29) is 5.75 Å². The topological polar surface area (TPSA) is 82.4 Å². The van der Waals surface area contributed by atoms with Crippen LogP contribution in [0.15, 0.2) is 0 Å². The quantitative estimate of drug-likeness (QED) is 0.628. The Morgan fingerprint density at radius 2 is 1.67 bits per heavy atom. The van der Waals surface area contributed by atoms with Crippen LogP contribution >= 0.6 is 0 Å². The van der Waals surface area contributed by atoms with Gasteiger partial charge in [-0.2, -0.15) is 0 Å². The molecular weight excluding hydrogens is 202 g/mol. The van der Waals surface area contributed by atoms with Crippen LogP contribution in [0.1, 0.15) is 19.8 Å². The molecular formula is C5H12NO4S2. The Kier molecular flexibility index (Phi) is 4.15. The lowest BCUT2D eigenvalue weighted by atomic mass is 10.4. The van der Waals surface area contributed by atoms with Gasteiger partial charge in [0.05, 0.1) is 12.0 Å². The number of rotatable bonds is 5. The summed E-state index contributed by atoms with van der Waals surface area (Å²) < 4.78 is 45.4. The molecule has 0 spiro atoms. The third kappa shape index (κ3) is 6.56. The van der Waals surface area contributed by atoms with Crippen molar-refractivity contribution in [3.63, 3.8) is 0 Å². The average molecular weight is 214 g/mol. The van der Waals surface area contributed by atoms with Crippen LogP contribution in [0, 0.1) is 0 Å². The average Bonchev–Trinajstić information content (AvgIpc) is 1.78. The van der Waals surface area contributed by atoms with Crippen molar-refractivity contribution < 1.29 is 16.8 Å². The second-order valence-corrected chi connectivity index (χ2v) is 6.08. The van der Waals surface area contributed by atoms with Crippen molar-refractivity contribution in [3.05, 3.63) is 0 Å². The van der Waals surface area contributed by atoms with E-state index in [1.807, 2.05) is 6.92 Å². The van der Waals surface area contributed by atoms with E-state index in [1.54, 1.807) is 0 Å². The maximum atomic E-state index is 10.9. The molecule has 0 aliphatic carbocycles. The minimum absolute atomic E-state index is 0.198. The van der Waals surface area contributed by atoms with Crippen LogP contribution < -0.4 is 4.13 Å². The summed E-state index contributed by atoms with van der Waals surface area (Å²) in [6, 6.07) is 0. The molecule has 12 heavy (non-hydrogen) atoms. The Balaban J connectivity index is 4.26. The van der Waals surface area contributed by atoms with Gasteiger partial charge in [-0.3, -0.25) is 0 Å². The zero-order chi connectivity index (χ0) is 9.83. The van der Waals surface area contributed by atoms with Crippen LogP contribution in [-0.2, 0) is 20.0 Å². The molecule has 1 radical (unpaired) electrons. The van der Waals surface area contributed by atoms with Crippen LogP contribution in [0.2, 0.25) is 0 Å². The Bertz CT molecular complexity index is 315. The van der Waals surface area contributed by atoms with Gasteiger partial charge in [0, 0.05) is 4.13 Å². The summed E-state index contributed by atoms with van der Waals surface area (Å²) >= 11 is 0. The molecule has 0 heterocycles. The third-order valence-electron chi connectivity index (χ3n) is 1.00. The van der Waals surface area contributed by atoms with Crippen molar-refractivity contribution >= 4 is 20.0 Å². The molecule has 0 aromatic heterocycles. The first-order chi connectivity index (χ1) is 5.27. The Labute approximate surface area is 73.3 Å². The smallest absolute Gasteiger partial charge is 0.210 e. The monoisotopic (exact) mass is 214 g/mol. The Hall–Kier alpha value is -0.140. The van der Waals surface area contributed by atoms with E-state index >= 15 is 0 Å².